The summed E-state index contributed by atoms with van der Waals surface area (Å²) in [6.07, 6.45) is 6.35. The van der Waals surface area contributed by atoms with Crippen LogP contribution in [0.4, 0.5) is 0 Å². The number of amides is 1. The molecule has 0 saturated heterocycles. The number of carbonyl (C=O) groups is 1. The first kappa shape index (κ1) is 11.8. The largest absolute Gasteiger partial charge is 0.356 e. The van der Waals surface area contributed by atoms with Crippen LogP contribution in [0.3, 0.4) is 0 Å². The third-order valence-electron chi connectivity index (χ3n) is 2.92. The van der Waals surface area contributed by atoms with Gasteiger partial charge in [-0.3, -0.25) is 4.79 Å². The number of halogens is 1. The molecule has 0 bridgehead atoms. The molecular weight excluding hydrogens is 198 g/mol. The van der Waals surface area contributed by atoms with E-state index < -0.39 is 0 Å². The maximum absolute atomic E-state index is 11.4. The van der Waals surface area contributed by atoms with Crippen molar-refractivity contribution in [2.75, 3.05) is 6.54 Å². The second-order valence-electron chi connectivity index (χ2n) is 4.15. The van der Waals surface area contributed by atoms with Crippen LogP contribution in [-0.2, 0) is 4.79 Å². The lowest BCUT2D eigenvalue weighted by molar-refractivity contribution is -0.122. The average molecular weight is 218 g/mol. The maximum atomic E-state index is 11.4. The summed E-state index contributed by atoms with van der Waals surface area (Å²) in [5.74, 6) is 0.864. The molecule has 82 valence electrons. The minimum Gasteiger partial charge on any atom is -0.356 e. The third kappa shape index (κ3) is 4.32. The molecule has 14 heavy (non-hydrogen) atoms. The number of carbonyl (C=O) groups excluding carboxylic acids is 1. The first-order chi connectivity index (χ1) is 6.72. The maximum Gasteiger partial charge on any atom is 0.220 e. The highest BCUT2D eigenvalue weighted by Crippen LogP contribution is 2.28. The molecule has 1 unspecified atom stereocenters. The molecule has 1 aliphatic carbocycles. The van der Waals surface area contributed by atoms with Crippen molar-refractivity contribution < 1.29 is 4.79 Å². The van der Waals surface area contributed by atoms with Crippen LogP contribution in [0.2, 0.25) is 0 Å². The lowest BCUT2D eigenvalue weighted by Crippen LogP contribution is -2.29. The van der Waals surface area contributed by atoms with Crippen molar-refractivity contribution in [1.82, 2.24) is 5.32 Å². The Bertz CT molecular complexity index is 180. The Balaban J connectivity index is 1.97. The van der Waals surface area contributed by atoms with E-state index in [0.29, 0.717) is 5.92 Å². The van der Waals surface area contributed by atoms with Gasteiger partial charge in [-0.05, 0) is 31.6 Å². The van der Waals surface area contributed by atoms with Gasteiger partial charge in [0.15, 0.2) is 0 Å². The van der Waals surface area contributed by atoms with Crippen LogP contribution in [0.5, 0.6) is 0 Å². The normalized spacial score (nSPS) is 18.7. The molecule has 0 heterocycles. The zero-order valence-electron chi connectivity index (χ0n) is 8.89. The Hall–Kier alpha value is -0.240. The molecule has 0 aliphatic heterocycles. The van der Waals surface area contributed by atoms with Crippen molar-refractivity contribution in [2.24, 2.45) is 5.92 Å². The molecule has 0 aromatic carbocycles. The number of alkyl halides is 1. The van der Waals surface area contributed by atoms with Gasteiger partial charge in [0, 0.05) is 18.3 Å². The Morgan fingerprint density at radius 1 is 1.57 bits per heavy atom. The predicted octanol–water partition coefficient (Wildman–Crippen LogP) is 2.70. The van der Waals surface area contributed by atoms with E-state index in [-0.39, 0.29) is 11.3 Å². The van der Waals surface area contributed by atoms with E-state index in [9.17, 15) is 4.79 Å². The van der Waals surface area contributed by atoms with E-state index in [1.807, 2.05) is 0 Å². The van der Waals surface area contributed by atoms with Gasteiger partial charge in [0.2, 0.25) is 5.91 Å². The summed E-state index contributed by atoms with van der Waals surface area (Å²) in [6.45, 7) is 2.79. The molecule has 1 fully saturated rings. The monoisotopic (exact) mass is 217 g/mol. The van der Waals surface area contributed by atoms with Gasteiger partial charge in [-0.15, -0.1) is 11.6 Å². The van der Waals surface area contributed by atoms with Crippen LogP contribution in [0.15, 0.2) is 0 Å². The number of rotatable bonds is 6. The highest BCUT2D eigenvalue weighted by molar-refractivity contribution is 6.20. The number of hydrogen-bond acceptors (Lipinski definition) is 1. The van der Waals surface area contributed by atoms with Gasteiger partial charge in [0.05, 0.1) is 0 Å². The summed E-state index contributed by atoms with van der Waals surface area (Å²) in [5.41, 5.74) is 0. The van der Waals surface area contributed by atoms with Crippen LogP contribution >= 0.6 is 11.6 Å². The zero-order chi connectivity index (χ0) is 10.4. The summed E-state index contributed by atoms with van der Waals surface area (Å²) in [5, 5.41) is 3.13. The van der Waals surface area contributed by atoms with Crippen LogP contribution in [0.1, 0.15) is 45.4 Å². The van der Waals surface area contributed by atoms with Crippen molar-refractivity contribution in [3.63, 3.8) is 0 Å². The van der Waals surface area contributed by atoms with Crippen molar-refractivity contribution in [2.45, 2.75) is 50.8 Å². The molecule has 2 nitrogen and oxygen atoms in total. The molecule has 0 radical (unpaired) electrons. The number of hydrogen-bond donors (Lipinski definition) is 1. The summed E-state index contributed by atoms with van der Waals surface area (Å²) in [4.78, 5) is 11.4. The third-order valence-corrected chi connectivity index (χ3v) is 3.45. The summed E-state index contributed by atoms with van der Waals surface area (Å²) < 4.78 is 0. The van der Waals surface area contributed by atoms with Gasteiger partial charge >= 0.3 is 0 Å². The Morgan fingerprint density at radius 3 is 2.79 bits per heavy atom. The fraction of sp³-hybridized carbons (Fsp3) is 0.909. The molecule has 0 spiro atoms. The topological polar surface area (TPSA) is 29.1 Å². The van der Waals surface area contributed by atoms with Gasteiger partial charge < -0.3 is 5.32 Å². The Labute approximate surface area is 91.4 Å². The summed E-state index contributed by atoms with van der Waals surface area (Å²) in [6, 6.07) is 0. The highest BCUT2D eigenvalue weighted by atomic mass is 35.5. The van der Waals surface area contributed by atoms with Gasteiger partial charge in [-0.2, -0.15) is 0 Å². The van der Waals surface area contributed by atoms with Crippen molar-refractivity contribution in [3.8, 4) is 0 Å². The van der Waals surface area contributed by atoms with Crippen LogP contribution in [-0.4, -0.2) is 17.8 Å². The average Bonchev–Trinajstić information content (AvgIpc) is 2.11. The van der Waals surface area contributed by atoms with E-state index in [1.54, 1.807) is 0 Å². The highest BCUT2D eigenvalue weighted by Gasteiger charge is 2.20. The molecule has 1 N–H and O–H groups in total. The fourth-order valence-electron chi connectivity index (χ4n) is 1.60. The first-order valence-electron chi connectivity index (χ1n) is 5.63. The molecule has 0 aromatic heterocycles. The van der Waals surface area contributed by atoms with Crippen molar-refractivity contribution in [3.05, 3.63) is 0 Å². The molecule has 1 atom stereocenters. The van der Waals surface area contributed by atoms with Gasteiger partial charge in [-0.25, -0.2) is 0 Å². The second kappa shape index (κ2) is 6.28. The SMILES string of the molecule is CCC(Cl)CCNC(=O)CC1CCC1. The Kier molecular flexibility index (Phi) is 5.31. The first-order valence-corrected chi connectivity index (χ1v) is 6.06. The van der Waals surface area contributed by atoms with E-state index in [1.165, 1.54) is 19.3 Å². The standard InChI is InChI=1S/C11H20ClNO/c1-2-10(12)6-7-13-11(14)8-9-4-3-5-9/h9-10H,2-8H2,1H3,(H,13,14). The van der Waals surface area contributed by atoms with E-state index >= 15 is 0 Å². The van der Waals surface area contributed by atoms with E-state index in [2.05, 4.69) is 12.2 Å². The van der Waals surface area contributed by atoms with Crippen molar-refractivity contribution >= 4 is 17.5 Å². The quantitative estimate of drug-likeness (QED) is 0.681. The second-order valence-corrected chi connectivity index (χ2v) is 4.76. The van der Waals surface area contributed by atoms with Gasteiger partial charge in [-0.1, -0.05) is 13.3 Å². The minimum absolute atomic E-state index is 0.203. The molecule has 1 saturated carbocycles. The molecule has 3 heteroatoms. The fourth-order valence-corrected chi connectivity index (χ4v) is 1.71. The molecule has 0 aromatic rings. The van der Waals surface area contributed by atoms with E-state index in [4.69, 9.17) is 11.6 Å². The van der Waals surface area contributed by atoms with Crippen LogP contribution < -0.4 is 5.32 Å². The molecule has 1 amide bonds. The minimum atomic E-state index is 0.203. The van der Waals surface area contributed by atoms with Crippen molar-refractivity contribution in [1.29, 1.82) is 0 Å². The number of nitrogens with one attached hydrogen (secondary N) is 1. The lowest BCUT2D eigenvalue weighted by Gasteiger charge is -2.24. The summed E-state index contributed by atoms with van der Waals surface area (Å²) in [7, 11) is 0. The van der Waals surface area contributed by atoms with Crippen LogP contribution in [0.25, 0.3) is 0 Å². The lowest BCUT2D eigenvalue weighted by atomic mass is 9.83. The molecule has 1 rings (SSSR count). The Morgan fingerprint density at radius 2 is 2.29 bits per heavy atom. The van der Waals surface area contributed by atoms with E-state index in [0.717, 1.165) is 25.8 Å². The smallest absolute Gasteiger partial charge is 0.220 e. The summed E-state index contributed by atoms with van der Waals surface area (Å²) >= 11 is 5.94. The van der Waals surface area contributed by atoms with Gasteiger partial charge in [0.25, 0.3) is 0 Å². The predicted molar refractivity (Wildman–Crippen MR) is 59.5 cm³/mol. The molecular formula is C11H20ClNO. The van der Waals surface area contributed by atoms with Crippen LogP contribution in [0, 0.1) is 5.92 Å². The van der Waals surface area contributed by atoms with Gasteiger partial charge in [0.1, 0.15) is 0 Å². The molecule has 1 aliphatic rings. The zero-order valence-corrected chi connectivity index (χ0v) is 9.65.